The van der Waals surface area contributed by atoms with Crippen molar-refractivity contribution in [3.8, 4) is 5.75 Å². The van der Waals surface area contributed by atoms with Crippen LogP contribution in [0.5, 0.6) is 5.75 Å². The van der Waals surface area contributed by atoms with Crippen LogP contribution in [0.1, 0.15) is 98.3 Å². The first-order valence-corrected chi connectivity index (χ1v) is 10.4. The molecule has 0 amide bonds. The molecule has 0 aliphatic carbocycles. The molecule has 1 rings (SSSR count). The Hall–Kier alpha value is -1.44. The Morgan fingerprint density at radius 2 is 1.44 bits per heavy atom. The highest BCUT2D eigenvalue weighted by Gasteiger charge is 2.27. The minimum Gasteiger partial charge on any atom is -0.507 e. The van der Waals surface area contributed by atoms with Crippen molar-refractivity contribution in [3.05, 3.63) is 40.6 Å². The zero-order chi connectivity index (χ0) is 21.2. The largest absolute Gasteiger partial charge is 0.507 e. The molecule has 0 heterocycles. The summed E-state index contributed by atoms with van der Waals surface area (Å²) in [7, 11) is 2.16. The molecule has 27 heavy (non-hydrogen) atoms. The number of nitrogens with zero attached hydrogens (tertiary/aromatic N) is 1. The zero-order valence-electron chi connectivity index (χ0n) is 19.7. The molecule has 1 aromatic carbocycles. The number of hydrogen-bond acceptors (Lipinski definition) is 2. The van der Waals surface area contributed by atoms with E-state index in [-0.39, 0.29) is 10.8 Å². The highest BCUT2D eigenvalue weighted by molar-refractivity contribution is 5.50. The van der Waals surface area contributed by atoms with Gasteiger partial charge in [0.1, 0.15) is 5.75 Å². The minimum absolute atomic E-state index is 0.0757. The average molecular weight is 374 g/mol. The quantitative estimate of drug-likeness (QED) is 0.582. The van der Waals surface area contributed by atoms with Crippen LogP contribution in [0.15, 0.2) is 23.9 Å². The van der Waals surface area contributed by atoms with Crippen LogP contribution in [0.2, 0.25) is 0 Å². The summed E-state index contributed by atoms with van der Waals surface area (Å²) < 4.78 is 0. The van der Waals surface area contributed by atoms with Gasteiger partial charge in [-0.2, -0.15) is 0 Å². The van der Waals surface area contributed by atoms with E-state index in [0.29, 0.717) is 17.6 Å². The van der Waals surface area contributed by atoms with Crippen LogP contribution in [0.4, 0.5) is 0 Å². The van der Waals surface area contributed by atoms with Crippen molar-refractivity contribution in [2.24, 2.45) is 5.92 Å². The van der Waals surface area contributed by atoms with Gasteiger partial charge in [-0.25, -0.2) is 0 Å². The molecule has 0 saturated heterocycles. The smallest absolute Gasteiger partial charge is 0.123 e. The summed E-state index contributed by atoms with van der Waals surface area (Å²) in [4.78, 5) is 2.31. The van der Waals surface area contributed by atoms with Gasteiger partial charge in [0, 0.05) is 13.6 Å². The number of benzene rings is 1. The van der Waals surface area contributed by atoms with Crippen molar-refractivity contribution < 1.29 is 5.11 Å². The van der Waals surface area contributed by atoms with Gasteiger partial charge in [-0.3, -0.25) is 0 Å². The fourth-order valence-electron chi connectivity index (χ4n) is 3.21. The molecule has 0 spiro atoms. The summed E-state index contributed by atoms with van der Waals surface area (Å²) in [5.41, 5.74) is 4.71. The molecule has 1 atom stereocenters. The Balaban J connectivity index is 3.13. The highest BCUT2D eigenvalue weighted by atomic mass is 16.3. The van der Waals surface area contributed by atoms with Gasteiger partial charge in [0.2, 0.25) is 0 Å². The van der Waals surface area contributed by atoms with E-state index in [9.17, 15) is 5.11 Å². The topological polar surface area (TPSA) is 23.5 Å². The summed E-state index contributed by atoms with van der Waals surface area (Å²) in [6.45, 7) is 23.1. The van der Waals surface area contributed by atoms with Crippen molar-refractivity contribution >= 4 is 0 Å². The lowest BCUT2D eigenvalue weighted by Gasteiger charge is -2.29. The summed E-state index contributed by atoms with van der Waals surface area (Å²) >= 11 is 0. The molecule has 154 valence electrons. The van der Waals surface area contributed by atoms with Gasteiger partial charge in [0.15, 0.2) is 0 Å². The molecule has 0 radical (unpaired) electrons. The van der Waals surface area contributed by atoms with Crippen LogP contribution < -0.4 is 0 Å². The number of phenols is 1. The predicted molar refractivity (Wildman–Crippen MR) is 120 cm³/mol. The molecule has 2 nitrogen and oxygen atoms in total. The fourth-order valence-corrected chi connectivity index (χ4v) is 3.21. The van der Waals surface area contributed by atoms with Gasteiger partial charge in [-0.05, 0) is 58.9 Å². The summed E-state index contributed by atoms with van der Waals surface area (Å²) in [6, 6.07) is 4.45. The Morgan fingerprint density at radius 1 is 1.00 bits per heavy atom. The summed E-state index contributed by atoms with van der Waals surface area (Å²) in [5.74, 6) is 1.51. The van der Waals surface area contributed by atoms with Crippen LogP contribution in [0.3, 0.4) is 0 Å². The lowest BCUT2D eigenvalue weighted by Crippen LogP contribution is -2.19. The van der Waals surface area contributed by atoms with Crippen LogP contribution in [-0.2, 0) is 10.8 Å². The molecule has 0 bridgehead atoms. The molecule has 0 aliphatic rings. The minimum atomic E-state index is -0.0757. The second kappa shape index (κ2) is 8.71. The van der Waals surface area contributed by atoms with Gasteiger partial charge < -0.3 is 10.0 Å². The number of rotatable bonds is 6. The van der Waals surface area contributed by atoms with Gasteiger partial charge in [-0.15, -0.1) is 0 Å². The Bertz CT molecular complexity index is 621. The Kier molecular flexibility index (Phi) is 7.61. The standard InChI is InChI=1S/C25H43NO/c1-17(2)19(4)16-26(11)13-12-18(3)20-14-21(24(5,6)7)23(27)22(15-20)25(8,9)10/h14-18,27H,12-13H2,1-11H3/b19-16+. The van der Waals surface area contributed by atoms with Crippen LogP contribution in [0.25, 0.3) is 0 Å². The van der Waals surface area contributed by atoms with E-state index in [2.05, 4.69) is 99.5 Å². The second-order valence-corrected chi connectivity index (χ2v) is 10.7. The second-order valence-electron chi connectivity index (χ2n) is 10.7. The Labute approximate surface area is 168 Å². The molecule has 0 aliphatic heterocycles. The van der Waals surface area contributed by atoms with E-state index in [1.54, 1.807) is 0 Å². The normalized spacial score (nSPS) is 14.6. The molecule has 1 N–H and O–H groups in total. The first-order chi connectivity index (χ1) is 12.1. The maximum absolute atomic E-state index is 10.9. The molecule has 0 aromatic heterocycles. The maximum atomic E-state index is 10.9. The summed E-state index contributed by atoms with van der Waals surface area (Å²) in [5, 5.41) is 10.9. The highest BCUT2D eigenvalue weighted by Crippen LogP contribution is 2.41. The fraction of sp³-hybridized carbons (Fsp3) is 0.680. The predicted octanol–water partition coefficient (Wildman–Crippen LogP) is 6.97. The van der Waals surface area contributed by atoms with E-state index < -0.39 is 0 Å². The van der Waals surface area contributed by atoms with Crippen molar-refractivity contribution in [1.82, 2.24) is 4.90 Å². The molecule has 2 heteroatoms. The molecular weight excluding hydrogens is 330 g/mol. The van der Waals surface area contributed by atoms with Gasteiger partial charge in [0.25, 0.3) is 0 Å². The Morgan fingerprint density at radius 3 is 1.81 bits per heavy atom. The van der Waals surface area contributed by atoms with E-state index in [1.807, 2.05) is 0 Å². The van der Waals surface area contributed by atoms with E-state index in [4.69, 9.17) is 0 Å². The summed E-state index contributed by atoms with van der Waals surface area (Å²) in [6.07, 6.45) is 3.37. The average Bonchev–Trinajstić information content (AvgIpc) is 2.50. The third-order valence-electron chi connectivity index (χ3n) is 5.57. The van der Waals surface area contributed by atoms with Crippen LogP contribution in [-0.4, -0.2) is 23.6 Å². The number of hydrogen-bond donors (Lipinski definition) is 1. The third-order valence-corrected chi connectivity index (χ3v) is 5.57. The maximum Gasteiger partial charge on any atom is 0.123 e. The van der Waals surface area contributed by atoms with Gasteiger partial charge in [0.05, 0.1) is 0 Å². The number of phenolic OH excluding ortho intramolecular Hbond substituents is 1. The first-order valence-electron chi connectivity index (χ1n) is 10.4. The van der Waals surface area contributed by atoms with E-state index in [1.165, 1.54) is 11.1 Å². The zero-order valence-corrected chi connectivity index (χ0v) is 19.7. The number of aromatic hydroxyl groups is 1. The molecule has 1 unspecified atom stereocenters. The van der Waals surface area contributed by atoms with Crippen LogP contribution >= 0.6 is 0 Å². The van der Waals surface area contributed by atoms with E-state index in [0.717, 1.165) is 24.1 Å². The van der Waals surface area contributed by atoms with Crippen molar-refractivity contribution in [2.75, 3.05) is 13.6 Å². The molecule has 1 aromatic rings. The number of allylic oxidation sites excluding steroid dienone is 1. The van der Waals surface area contributed by atoms with Gasteiger partial charge in [-0.1, -0.05) is 80.0 Å². The first kappa shape index (κ1) is 23.6. The third kappa shape index (κ3) is 6.59. The van der Waals surface area contributed by atoms with Crippen LogP contribution in [0, 0.1) is 5.92 Å². The van der Waals surface area contributed by atoms with Crippen molar-refractivity contribution in [1.29, 1.82) is 0 Å². The van der Waals surface area contributed by atoms with Crippen molar-refractivity contribution in [3.63, 3.8) is 0 Å². The molecule has 0 saturated carbocycles. The van der Waals surface area contributed by atoms with Crippen molar-refractivity contribution in [2.45, 2.75) is 92.4 Å². The lowest BCUT2D eigenvalue weighted by molar-refractivity contribution is 0.413. The van der Waals surface area contributed by atoms with E-state index >= 15 is 0 Å². The molecule has 0 fully saturated rings. The molecular formula is C25H43NO. The van der Waals surface area contributed by atoms with Gasteiger partial charge >= 0.3 is 0 Å². The lowest BCUT2D eigenvalue weighted by atomic mass is 9.77. The monoisotopic (exact) mass is 373 g/mol. The SMILES string of the molecule is C/C(=C\N(C)CCC(C)c1cc(C(C)(C)C)c(O)c(C(C)(C)C)c1)C(C)C.